The second-order valence-corrected chi connectivity index (χ2v) is 5.71. The van der Waals surface area contributed by atoms with Crippen molar-refractivity contribution < 1.29 is 14.3 Å². The van der Waals surface area contributed by atoms with E-state index in [9.17, 15) is 14.3 Å². The molecular formula is C15H16FNO2S. The summed E-state index contributed by atoms with van der Waals surface area (Å²) in [5.74, 6) is -1.36. The van der Waals surface area contributed by atoms with Crippen molar-refractivity contribution in [2.45, 2.75) is 18.3 Å². The second kappa shape index (κ2) is 6.15. The third-order valence-corrected chi connectivity index (χ3v) is 4.47. The lowest BCUT2D eigenvalue weighted by molar-refractivity contribution is -0.143. The van der Waals surface area contributed by atoms with E-state index in [2.05, 4.69) is 0 Å². The molecule has 0 saturated carbocycles. The zero-order chi connectivity index (χ0) is 14.6. The summed E-state index contributed by atoms with van der Waals surface area (Å²) in [7, 11) is 0. The first kappa shape index (κ1) is 14.7. The fraction of sp³-hybridized carbons (Fsp3) is 0.267. The molecule has 0 bridgehead atoms. The van der Waals surface area contributed by atoms with Crippen LogP contribution in [0.2, 0.25) is 0 Å². The van der Waals surface area contributed by atoms with Gasteiger partial charge in [0.05, 0.1) is 0 Å². The molecule has 20 heavy (non-hydrogen) atoms. The molecule has 1 aromatic heterocycles. The van der Waals surface area contributed by atoms with Crippen LogP contribution < -0.4 is 5.73 Å². The average molecular weight is 293 g/mol. The molecule has 2 aromatic rings. The summed E-state index contributed by atoms with van der Waals surface area (Å²) in [6.45, 7) is -0.0145. The van der Waals surface area contributed by atoms with Crippen LogP contribution >= 0.6 is 11.3 Å². The molecule has 1 aromatic carbocycles. The molecule has 0 fully saturated rings. The minimum Gasteiger partial charge on any atom is -0.481 e. The summed E-state index contributed by atoms with van der Waals surface area (Å²) in [6.07, 6.45) is 1.03. The monoisotopic (exact) mass is 293 g/mol. The van der Waals surface area contributed by atoms with Crippen LogP contribution in [0.1, 0.15) is 16.9 Å². The smallest absolute Gasteiger partial charge is 0.315 e. The highest BCUT2D eigenvalue weighted by atomic mass is 32.1. The Morgan fingerprint density at radius 3 is 2.50 bits per heavy atom. The number of aryl methyl sites for hydroxylation is 1. The standard InChI is InChI=1S/C15H16FNO2S/c16-12-5-3-11(4-6-12)15(10-17,14(18)19)8-7-13-2-1-9-20-13/h1-6,9H,7-8,10,17H2,(H,18,19). The van der Waals surface area contributed by atoms with Crippen molar-refractivity contribution in [2.75, 3.05) is 6.54 Å². The number of carboxylic acid groups (broad SMARTS) is 1. The molecule has 0 aliphatic rings. The summed E-state index contributed by atoms with van der Waals surface area (Å²) in [6, 6.07) is 9.46. The minimum atomic E-state index is -1.17. The average Bonchev–Trinajstić information content (AvgIpc) is 2.94. The fourth-order valence-corrected chi connectivity index (χ4v) is 2.95. The number of rotatable bonds is 6. The summed E-state index contributed by atoms with van der Waals surface area (Å²) in [5, 5.41) is 11.6. The summed E-state index contributed by atoms with van der Waals surface area (Å²) < 4.78 is 13.0. The molecule has 1 atom stereocenters. The second-order valence-electron chi connectivity index (χ2n) is 4.68. The molecule has 106 valence electrons. The van der Waals surface area contributed by atoms with Gasteiger partial charge in [-0.2, -0.15) is 0 Å². The van der Waals surface area contributed by atoms with Gasteiger partial charge in [-0.15, -0.1) is 11.3 Å². The Morgan fingerprint density at radius 2 is 2.00 bits per heavy atom. The first-order valence-electron chi connectivity index (χ1n) is 6.30. The van der Waals surface area contributed by atoms with Crippen LogP contribution in [-0.2, 0) is 16.6 Å². The first-order chi connectivity index (χ1) is 9.58. The van der Waals surface area contributed by atoms with Gasteiger partial charge < -0.3 is 10.8 Å². The zero-order valence-corrected chi connectivity index (χ0v) is 11.7. The molecule has 0 amide bonds. The fourth-order valence-electron chi connectivity index (χ4n) is 2.24. The van der Waals surface area contributed by atoms with E-state index in [1.54, 1.807) is 11.3 Å². The van der Waals surface area contributed by atoms with Crippen LogP contribution in [-0.4, -0.2) is 17.6 Å². The molecular weight excluding hydrogens is 277 g/mol. The molecule has 0 radical (unpaired) electrons. The van der Waals surface area contributed by atoms with Gasteiger partial charge in [0.2, 0.25) is 0 Å². The molecule has 0 aliphatic carbocycles. The Morgan fingerprint density at radius 1 is 1.30 bits per heavy atom. The SMILES string of the molecule is NCC(CCc1cccs1)(C(=O)O)c1ccc(F)cc1. The maximum Gasteiger partial charge on any atom is 0.315 e. The van der Waals surface area contributed by atoms with Crippen molar-refractivity contribution >= 4 is 17.3 Å². The third kappa shape index (κ3) is 2.89. The maximum absolute atomic E-state index is 13.0. The predicted octanol–water partition coefficient (Wildman–Crippen LogP) is 2.80. The van der Waals surface area contributed by atoms with Crippen LogP contribution in [0.15, 0.2) is 41.8 Å². The summed E-state index contributed by atoms with van der Waals surface area (Å²) in [4.78, 5) is 12.8. The number of aliphatic carboxylic acids is 1. The van der Waals surface area contributed by atoms with E-state index < -0.39 is 11.4 Å². The molecule has 0 spiro atoms. The largest absolute Gasteiger partial charge is 0.481 e. The highest BCUT2D eigenvalue weighted by Gasteiger charge is 2.38. The van der Waals surface area contributed by atoms with Gasteiger partial charge in [0, 0.05) is 11.4 Å². The van der Waals surface area contributed by atoms with Gasteiger partial charge in [-0.3, -0.25) is 4.79 Å². The van der Waals surface area contributed by atoms with E-state index in [-0.39, 0.29) is 12.4 Å². The minimum absolute atomic E-state index is 0.0145. The Balaban J connectivity index is 2.29. The van der Waals surface area contributed by atoms with Gasteiger partial charge in [0.15, 0.2) is 0 Å². The number of thiophene rings is 1. The zero-order valence-electron chi connectivity index (χ0n) is 10.9. The Labute approximate surface area is 120 Å². The normalized spacial score (nSPS) is 13.9. The van der Waals surface area contributed by atoms with Gasteiger partial charge in [-0.05, 0) is 42.0 Å². The Kier molecular flexibility index (Phi) is 4.52. The molecule has 0 aliphatic heterocycles. The van der Waals surface area contributed by atoms with E-state index in [4.69, 9.17) is 5.73 Å². The van der Waals surface area contributed by atoms with Gasteiger partial charge in [0.1, 0.15) is 11.2 Å². The van der Waals surface area contributed by atoms with Crippen LogP contribution in [0, 0.1) is 5.82 Å². The summed E-state index contributed by atoms with van der Waals surface area (Å²) >= 11 is 1.59. The maximum atomic E-state index is 13.0. The Hall–Kier alpha value is -1.72. The van der Waals surface area contributed by atoms with Gasteiger partial charge in [-0.1, -0.05) is 18.2 Å². The van der Waals surface area contributed by atoms with Crippen molar-refractivity contribution in [1.82, 2.24) is 0 Å². The van der Waals surface area contributed by atoms with Gasteiger partial charge in [-0.25, -0.2) is 4.39 Å². The van der Waals surface area contributed by atoms with Crippen LogP contribution in [0.4, 0.5) is 4.39 Å². The van der Waals surface area contributed by atoms with E-state index in [0.717, 1.165) is 4.88 Å². The van der Waals surface area contributed by atoms with E-state index in [0.29, 0.717) is 18.4 Å². The number of benzene rings is 1. The number of hydrogen-bond donors (Lipinski definition) is 2. The molecule has 2 rings (SSSR count). The topological polar surface area (TPSA) is 63.3 Å². The lowest BCUT2D eigenvalue weighted by Crippen LogP contribution is -2.43. The van der Waals surface area contributed by atoms with Crippen LogP contribution in [0.3, 0.4) is 0 Å². The highest BCUT2D eigenvalue weighted by molar-refractivity contribution is 7.09. The van der Waals surface area contributed by atoms with E-state index in [1.165, 1.54) is 24.3 Å². The van der Waals surface area contributed by atoms with Crippen LogP contribution in [0.5, 0.6) is 0 Å². The molecule has 3 N–H and O–H groups in total. The predicted molar refractivity (Wildman–Crippen MR) is 77.4 cm³/mol. The number of carbonyl (C=O) groups is 1. The lowest BCUT2D eigenvalue weighted by Gasteiger charge is -2.28. The van der Waals surface area contributed by atoms with Crippen molar-refractivity contribution in [1.29, 1.82) is 0 Å². The number of carboxylic acids is 1. The molecule has 0 saturated heterocycles. The molecule has 3 nitrogen and oxygen atoms in total. The molecule has 1 heterocycles. The van der Waals surface area contributed by atoms with Crippen molar-refractivity contribution in [3.63, 3.8) is 0 Å². The van der Waals surface area contributed by atoms with Crippen LogP contribution in [0.25, 0.3) is 0 Å². The van der Waals surface area contributed by atoms with Crippen molar-refractivity contribution in [3.05, 3.63) is 58.0 Å². The molecule has 5 heteroatoms. The Bertz CT molecular complexity index is 568. The van der Waals surface area contributed by atoms with Gasteiger partial charge >= 0.3 is 5.97 Å². The number of nitrogens with two attached hydrogens (primary N) is 1. The van der Waals surface area contributed by atoms with E-state index >= 15 is 0 Å². The highest BCUT2D eigenvalue weighted by Crippen LogP contribution is 2.30. The summed E-state index contributed by atoms with van der Waals surface area (Å²) in [5.41, 5.74) is 5.12. The van der Waals surface area contributed by atoms with E-state index in [1.807, 2.05) is 17.5 Å². The quantitative estimate of drug-likeness (QED) is 0.861. The van der Waals surface area contributed by atoms with Crippen molar-refractivity contribution in [3.8, 4) is 0 Å². The first-order valence-corrected chi connectivity index (χ1v) is 7.18. The molecule has 1 unspecified atom stereocenters. The van der Waals surface area contributed by atoms with Gasteiger partial charge in [0.25, 0.3) is 0 Å². The lowest BCUT2D eigenvalue weighted by atomic mass is 9.76. The third-order valence-electron chi connectivity index (χ3n) is 3.53. The number of halogens is 1. The number of hydrogen-bond acceptors (Lipinski definition) is 3. The van der Waals surface area contributed by atoms with Crippen molar-refractivity contribution in [2.24, 2.45) is 5.73 Å².